The van der Waals surface area contributed by atoms with Gasteiger partial charge in [0.1, 0.15) is 11.5 Å². The number of likely N-dealkylation sites (tertiary alicyclic amines) is 1. The van der Waals surface area contributed by atoms with Gasteiger partial charge in [0, 0.05) is 59.0 Å². The molecule has 3 aromatic heterocycles. The lowest BCUT2D eigenvalue weighted by atomic mass is 9.87. The molecule has 0 bridgehead atoms. The average Bonchev–Trinajstić information content (AvgIpc) is 3.59. The largest absolute Gasteiger partial charge is 0.340 e. The Kier molecular flexibility index (Phi) is 5.63. The molecule has 2 N–H and O–H groups in total. The highest BCUT2D eigenvalue weighted by Gasteiger charge is 2.50. The molecule has 2 aromatic carbocycles. The maximum absolute atomic E-state index is 13.9. The van der Waals surface area contributed by atoms with E-state index >= 15 is 0 Å². The van der Waals surface area contributed by atoms with Crippen molar-refractivity contribution in [2.24, 2.45) is 0 Å². The molecule has 1 saturated carbocycles. The van der Waals surface area contributed by atoms with Gasteiger partial charge in [-0.25, -0.2) is 27.5 Å². The molecule has 0 atom stereocenters. The van der Waals surface area contributed by atoms with Crippen LogP contribution in [0.25, 0.3) is 33.4 Å². The van der Waals surface area contributed by atoms with Gasteiger partial charge in [-0.05, 0) is 35.9 Å². The van der Waals surface area contributed by atoms with Crippen LogP contribution in [0.15, 0.2) is 73.2 Å². The number of aromatic amines is 1. The SMILES string of the molecule is O=C(c1cc2ccc(-c3nccc(Nc4ccc(-c5cn[nH]c5)cc4)n3)cc2n1C1CC(F)(F)C1)N1CC(F)(F)C1. The number of halogens is 4. The van der Waals surface area contributed by atoms with Crippen LogP contribution in [0.5, 0.6) is 0 Å². The Morgan fingerprint density at radius 3 is 2.37 bits per heavy atom. The number of carbonyl (C=O) groups excluding carboxylic acids is 1. The van der Waals surface area contributed by atoms with E-state index in [9.17, 15) is 22.4 Å². The maximum atomic E-state index is 13.9. The number of benzene rings is 2. The number of anilines is 2. The molecule has 1 amide bonds. The Morgan fingerprint density at radius 2 is 1.68 bits per heavy atom. The van der Waals surface area contributed by atoms with Gasteiger partial charge in [0.2, 0.25) is 0 Å². The first kappa shape index (κ1) is 25.2. The van der Waals surface area contributed by atoms with E-state index in [1.54, 1.807) is 47.3 Å². The quantitative estimate of drug-likeness (QED) is 0.238. The molecule has 1 aliphatic heterocycles. The molecule has 4 heterocycles. The van der Waals surface area contributed by atoms with Crippen molar-refractivity contribution in [1.29, 1.82) is 0 Å². The van der Waals surface area contributed by atoms with E-state index in [-0.39, 0.29) is 5.69 Å². The van der Waals surface area contributed by atoms with E-state index in [1.165, 1.54) is 0 Å². The number of alkyl halides is 4. The molecule has 8 nitrogen and oxygen atoms in total. The van der Waals surface area contributed by atoms with Crippen molar-refractivity contribution in [2.45, 2.75) is 30.7 Å². The van der Waals surface area contributed by atoms with E-state index in [2.05, 4.69) is 25.5 Å². The second-order valence-corrected chi connectivity index (χ2v) is 10.6. The number of amides is 1. The van der Waals surface area contributed by atoms with Gasteiger partial charge in [0.15, 0.2) is 5.82 Å². The molecule has 12 heteroatoms. The number of nitrogens with zero attached hydrogens (tertiary/aromatic N) is 5. The lowest BCUT2D eigenvalue weighted by Gasteiger charge is -2.40. The molecule has 0 unspecified atom stereocenters. The molecule has 1 saturated heterocycles. The molecular weight excluding hydrogens is 538 g/mol. The van der Waals surface area contributed by atoms with Crippen LogP contribution in [0.4, 0.5) is 29.1 Å². The van der Waals surface area contributed by atoms with Gasteiger partial charge in [-0.1, -0.05) is 24.3 Å². The number of hydrogen-bond donors (Lipinski definition) is 2. The molecule has 41 heavy (non-hydrogen) atoms. The van der Waals surface area contributed by atoms with Crippen LogP contribution >= 0.6 is 0 Å². The summed E-state index contributed by atoms with van der Waals surface area (Å²) < 4.78 is 56.3. The maximum Gasteiger partial charge on any atom is 0.282 e. The first-order valence-electron chi connectivity index (χ1n) is 13.0. The lowest BCUT2D eigenvalue weighted by molar-refractivity contribution is -0.114. The molecule has 2 fully saturated rings. The fourth-order valence-electron chi connectivity index (χ4n) is 5.42. The van der Waals surface area contributed by atoms with Crippen LogP contribution in [0.2, 0.25) is 0 Å². The third-order valence-corrected chi connectivity index (χ3v) is 7.53. The topological polar surface area (TPSA) is 91.7 Å². The van der Waals surface area contributed by atoms with Crippen LogP contribution in [-0.4, -0.2) is 60.5 Å². The third-order valence-electron chi connectivity index (χ3n) is 7.53. The highest BCUT2D eigenvalue weighted by atomic mass is 19.3. The molecule has 1 aliphatic carbocycles. The van der Waals surface area contributed by atoms with Crippen molar-refractivity contribution in [3.63, 3.8) is 0 Å². The minimum atomic E-state index is -2.93. The standard InChI is InChI=1S/C29H23F4N7O/c30-28(31)11-22(12-28)40-23-10-19(2-1-18(23)9-24(40)27(41)39-15-29(32,33)16-39)26-34-8-7-25(38-26)37-21-5-3-17(4-6-21)20-13-35-36-14-20/h1-10,13-14,22H,11-12,15-16H2,(H,35,36)(H,34,37,38). The fourth-order valence-corrected chi connectivity index (χ4v) is 5.42. The summed E-state index contributed by atoms with van der Waals surface area (Å²) in [5.74, 6) is -5.40. The summed E-state index contributed by atoms with van der Waals surface area (Å²) in [6, 6.07) is 15.7. The lowest BCUT2D eigenvalue weighted by Crippen LogP contribution is -2.58. The van der Waals surface area contributed by atoms with E-state index in [1.807, 2.05) is 30.5 Å². The zero-order valence-electron chi connectivity index (χ0n) is 21.5. The summed E-state index contributed by atoms with van der Waals surface area (Å²) in [7, 11) is 0. The number of fused-ring (bicyclic) bond motifs is 1. The number of nitrogens with one attached hydrogen (secondary N) is 2. The Bertz CT molecular complexity index is 1750. The molecule has 0 radical (unpaired) electrons. The molecule has 7 rings (SSSR count). The number of H-pyrrole nitrogens is 1. The second kappa shape index (κ2) is 9.15. The summed E-state index contributed by atoms with van der Waals surface area (Å²) in [4.78, 5) is 23.2. The number of rotatable bonds is 6. The number of aromatic nitrogens is 5. The van der Waals surface area contributed by atoms with Gasteiger partial charge in [-0.3, -0.25) is 9.89 Å². The first-order valence-corrected chi connectivity index (χ1v) is 13.0. The molecule has 2 aliphatic rings. The number of hydrogen-bond acceptors (Lipinski definition) is 5. The van der Waals surface area contributed by atoms with Gasteiger partial charge in [0.05, 0.1) is 19.3 Å². The van der Waals surface area contributed by atoms with Gasteiger partial charge < -0.3 is 14.8 Å². The Morgan fingerprint density at radius 1 is 0.927 bits per heavy atom. The van der Waals surface area contributed by atoms with E-state index in [0.717, 1.165) is 21.7 Å². The van der Waals surface area contributed by atoms with Crippen molar-refractivity contribution in [2.75, 3.05) is 18.4 Å². The molecule has 208 valence electrons. The fraction of sp³-hybridized carbons (Fsp3) is 0.241. The zero-order chi connectivity index (χ0) is 28.4. The Labute approximate surface area is 231 Å². The smallest absolute Gasteiger partial charge is 0.282 e. The van der Waals surface area contributed by atoms with Crippen LogP contribution in [-0.2, 0) is 0 Å². The minimum Gasteiger partial charge on any atom is -0.340 e. The number of carbonyl (C=O) groups is 1. The van der Waals surface area contributed by atoms with Gasteiger partial charge in [-0.15, -0.1) is 0 Å². The molecule has 5 aromatic rings. The predicted molar refractivity (Wildman–Crippen MR) is 144 cm³/mol. The van der Waals surface area contributed by atoms with Crippen molar-refractivity contribution < 1.29 is 22.4 Å². The van der Waals surface area contributed by atoms with Gasteiger partial charge in [-0.2, -0.15) is 5.10 Å². The summed E-state index contributed by atoms with van der Waals surface area (Å²) in [6.07, 6.45) is 4.31. The minimum absolute atomic E-state index is 0.128. The highest BCUT2D eigenvalue weighted by Crippen LogP contribution is 2.48. The normalized spacial score (nSPS) is 17.7. The van der Waals surface area contributed by atoms with E-state index in [0.29, 0.717) is 28.1 Å². The molecule has 0 spiro atoms. The van der Waals surface area contributed by atoms with E-state index in [4.69, 9.17) is 0 Å². The highest BCUT2D eigenvalue weighted by molar-refractivity contribution is 6.00. The van der Waals surface area contributed by atoms with Crippen LogP contribution < -0.4 is 5.32 Å². The Balaban J connectivity index is 1.19. The monoisotopic (exact) mass is 561 g/mol. The van der Waals surface area contributed by atoms with E-state index < -0.39 is 49.7 Å². The van der Waals surface area contributed by atoms with Crippen LogP contribution in [0.3, 0.4) is 0 Å². The van der Waals surface area contributed by atoms with Gasteiger partial charge >= 0.3 is 0 Å². The van der Waals surface area contributed by atoms with Crippen molar-refractivity contribution in [3.05, 3.63) is 78.9 Å². The summed E-state index contributed by atoms with van der Waals surface area (Å²) >= 11 is 0. The van der Waals surface area contributed by atoms with Crippen LogP contribution in [0.1, 0.15) is 29.4 Å². The van der Waals surface area contributed by atoms with Crippen molar-refractivity contribution in [3.8, 4) is 22.5 Å². The van der Waals surface area contributed by atoms with Crippen molar-refractivity contribution >= 4 is 28.3 Å². The summed E-state index contributed by atoms with van der Waals surface area (Å²) in [5, 5.41) is 10.7. The predicted octanol–water partition coefficient (Wildman–Crippen LogP) is 6.29. The third kappa shape index (κ3) is 4.68. The van der Waals surface area contributed by atoms with Crippen LogP contribution in [0, 0.1) is 0 Å². The van der Waals surface area contributed by atoms with Gasteiger partial charge in [0.25, 0.3) is 17.8 Å². The zero-order valence-corrected chi connectivity index (χ0v) is 21.5. The first-order chi connectivity index (χ1) is 19.6. The Hall–Kier alpha value is -4.74. The summed E-state index contributed by atoms with van der Waals surface area (Å²) in [6.45, 7) is -1.36. The average molecular weight is 562 g/mol. The summed E-state index contributed by atoms with van der Waals surface area (Å²) in [5.41, 5.74) is 4.10. The van der Waals surface area contributed by atoms with Crippen molar-refractivity contribution in [1.82, 2.24) is 29.6 Å². The second-order valence-electron chi connectivity index (χ2n) is 10.6. The molecular formula is C29H23F4N7O.